The first-order valence-electron chi connectivity index (χ1n) is 8.66. The summed E-state index contributed by atoms with van der Waals surface area (Å²) in [6, 6.07) is 7.52. The fourth-order valence-corrected chi connectivity index (χ4v) is 3.14. The highest BCUT2D eigenvalue weighted by Gasteiger charge is 2.45. The Hall–Kier alpha value is -2.08. The Morgan fingerprint density at radius 2 is 1.96 bits per heavy atom. The second kappa shape index (κ2) is 8.34. The Balaban J connectivity index is 2.02. The molecule has 0 aliphatic heterocycles. The molecule has 1 aliphatic carbocycles. The van der Waals surface area contributed by atoms with Crippen molar-refractivity contribution in [2.24, 2.45) is 5.41 Å². The number of ether oxygens (including phenoxy) is 2. The van der Waals surface area contributed by atoms with E-state index in [1.165, 1.54) is 0 Å². The first-order valence-corrected chi connectivity index (χ1v) is 8.66. The van der Waals surface area contributed by atoms with Gasteiger partial charge in [-0.3, -0.25) is 9.59 Å². The van der Waals surface area contributed by atoms with Gasteiger partial charge < -0.3 is 19.9 Å². The molecule has 0 heterocycles. The summed E-state index contributed by atoms with van der Waals surface area (Å²) in [5.74, 6) is -0.439. The van der Waals surface area contributed by atoms with Gasteiger partial charge in [0.05, 0.1) is 18.6 Å². The Kier molecular flexibility index (Phi) is 6.42. The minimum atomic E-state index is -0.886. The quantitative estimate of drug-likeness (QED) is 0.716. The lowest BCUT2D eigenvalue weighted by Gasteiger charge is -2.37. The van der Waals surface area contributed by atoms with E-state index in [0.717, 1.165) is 12.0 Å². The molecule has 0 aromatic heterocycles. The molecule has 1 aliphatic rings. The third kappa shape index (κ3) is 4.72. The Morgan fingerprint density at radius 3 is 2.48 bits per heavy atom. The van der Waals surface area contributed by atoms with Gasteiger partial charge in [0.2, 0.25) is 5.91 Å². The zero-order chi connectivity index (χ0) is 18.4. The number of rotatable bonds is 9. The summed E-state index contributed by atoms with van der Waals surface area (Å²) in [6.07, 6.45) is 1.62. The number of hydrogen-bond donors (Lipinski definition) is 2. The Labute approximate surface area is 148 Å². The maximum Gasteiger partial charge on any atom is 0.310 e. The molecule has 0 bridgehead atoms. The van der Waals surface area contributed by atoms with Crippen molar-refractivity contribution in [1.82, 2.24) is 5.32 Å². The molecular weight excluding hydrogens is 322 g/mol. The molecule has 1 aromatic carbocycles. The highest BCUT2D eigenvalue weighted by molar-refractivity contribution is 5.85. The van der Waals surface area contributed by atoms with E-state index in [0.29, 0.717) is 18.6 Å². The Morgan fingerprint density at radius 1 is 1.28 bits per heavy atom. The minimum Gasteiger partial charge on any atom is -0.496 e. The highest BCUT2D eigenvalue weighted by atomic mass is 16.5. The van der Waals surface area contributed by atoms with Crippen molar-refractivity contribution in [2.75, 3.05) is 13.7 Å². The van der Waals surface area contributed by atoms with Crippen molar-refractivity contribution in [3.63, 3.8) is 0 Å². The molecule has 1 aromatic rings. The number of hydrogen-bond acceptors (Lipinski definition) is 4. The van der Waals surface area contributed by atoms with Crippen LogP contribution in [0.15, 0.2) is 24.3 Å². The van der Waals surface area contributed by atoms with Gasteiger partial charge in [0.1, 0.15) is 11.9 Å². The minimum absolute atomic E-state index is 0.0165. The second-order valence-electron chi connectivity index (χ2n) is 6.84. The standard InChI is InChI=1S/C19H27NO5/c1-13(2)25-16(14-7-4-5-8-15(14)24-3)12-20-17(21)11-19(18(22)23)9-6-10-19/h4-5,7-8,13,16H,6,9-12H2,1-3H3,(H,20,21)(H,22,23). The average Bonchev–Trinajstić information content (AvgIpc) is 2.54. The van der Waals surface area contributed by atoms with E-state index in [9.17, 15) is 14.7 Å². The molecule has 1 atom stereocenters. The Bertz CT molecular complexity index is 610. The molecule has 138 valence electrons. The maximum atomic E-state index is 12.3. The first kappa shape index (κ1) is 19.2. The summed E-state index contributed by atoms with van der Waals surface area (Å²) < 4.78 is 11.3. The lowest BCUT2D eigenvalue weighted by molar-refractivity contribution is -0.157. The SMILES string of the molecule is COc1ccccc1C(CNC(=O)CC1(C(=O)O)CCC1)OC(C)C. The van der Waals surface area contributed by atoms with Gasteiger partial charge in [-0.1, -0.05) is 24.6 Å². The number of nitrogens with one attached hydrogen (secondary N) is 1. The molecule has 1 unspecified atom stereocenters. The molecule has 0 spiro atoms. The number of carbonyl (C=O) groups excluding carboxylic acids is 1. The molecule has 25 heavy (non-hydrogen) atoms. The van der Waals surface area contributed by atoms with E-state index in [2.05, 4.69) is 5.32 Å². The average molecular weight is 349 g/mol. The van der Waals surface area contributed by atoms with Gasteiger partial charge in [-0.05, 0) is 32.8 Å². The summed E-state index contributed by atoms with van der Waals surface area (Å²) in [7, 11) is 1.59. The number of aliphatic carboxylic acids is 1. The summed E-state index contributed by atoms with van der Waals surface area (Å²) in [6.45, 7) is 4.13. The summed E-state index contributed by atoms with van der Waals surface area (Å²) in [5.41, 5.74) is -0.0290. The molecule has 0 radical (unpaired) electrons. The van der Waals surface area contributed by atoms with Crippen molar-refractivity contribution < 1.29 is 24.2 Å². The number of carboxylic acids is 1. The second-order valence-corrected chi connectivity index (χ2v) is 6.84. The third-order valence-corrected chi connectivity index (χ3v) is 4.67. The monoisotopic (exact) mass is 349 g/mol. The normalized spacial score (nSPS) is 16.8. The van der Waals surface area contributed by atoms with Gasteiger partial charge in [0.15, 0.2) is 0 Å². The summed E-state index contributed by atoms with van der Waals surface area (Å²) >= 11 is 0. The molecule has 1 amide bonds. The number of amides is 1. The lowest BCUT2D eigenvalue weighted by atomic mass is 9.66. The number of methoxy groups -OCH3 is 1. The first-order chi connectivity index (χ1) is 11.9. The van der Waals surface area contributed by atoms with Crippen LogP contribution in [-0.2, 0) is 14.3 Å². The van der Waals surface area contributed by atoms with Crippen LogP contribution in [-0.4, -0.2) is 36.7 Å². The molecule has 2 rings (SSSR count). The zero-order valence-corrected chi connectivity index (χ0v) is 15.1. The molecule has 1 saturated carbocycles. The van der Waals surface area contributed by atoms with Crippen LogP contribution >= 0.6 is 0 Å². The lowest BCUT2D eigenvalue weighted by Crippen LogP contribution is -2.43. The van der Waals surface area contributed by atoms with E-state index in [4.69, 9.17) is 9.47 Å². The maximum absolute atomic E-state index is 12.3. The van der Waals surface area contributed by atoms with Crippen LogP contribution in [0.5, 0.6) is 5.75 Å². The predicted octanol–water partition coefficient (Wildman–Crippen LogP) is 2.92. The number of benzene rings is 1. The van der Waals surface area contributed by atoms with Crippen LogP contribution in [0, 0.1) is 5.41 Å². The van der Waals surface area contributed by atoms with Crippen LogP contribution in [0.4, 0.5) is 0 Å². The molecule has 6 nitrogen and oxygen atoms in total. The zero-order valence-electron chi connectivity index (χ0n) is 15.1. The van der Waals surface area contributed by atoms with E-state index < -0.39 is 11.4 Å². The molecular formula is C19H27NO5. The third-order valence-electron chi connectivity index (χ3n) is 4.67. The van der Waals surface area contributed by atoms with Gasteiger partial charge in [-0.25, -0.2) is 0 Å². The van der Waals surface area contributed by atoms with Crippen LogP contribution in [0.3, 0.4) is 0 Å². The molecule has 2 N–H and O–H groups in total. The van der Waals surface area contributed by atoms with Crippen molar-refractivity contribution in [1.29, 1.82) is 0 Å². The van der Waals surface area contributed by atoms with Crippen LogP contribution in [0.2, 0.25) is 0 Å². The van der Waals surface area contributed by atoms with Crippen molar-refractivity contribution in [3.05, 3.63) is 29.8 Å². The fourth-order valence-electron chi connectivity index (χ4n) is 3.14. The van der Waals surface area contributed by atoms with Crippen LogP contribution in [0.1, 0.15) is 51.2 Å². The van der Waals surface area contributed by atoms with Crippen molar-refractivity contribution >= 4 is 11.9 Å². The van der Waals surface area contributed by atoms with Gasteiger partial charge in [0, 0.05) is 18.5 Å². The topological polar surface area (TPSA) is 84.9 Å². The molecule has 6 heteroatoms. The summed E-state index contributed by atoms with van der Waals surface area (Å²) in [4.78, 5) is 23.7. The van der Waals surface area contributed by atoms with Gasteiger partial charge in [-0.2, -0.15) is 0 Å². The number of carbonyl (C=O) groups is 2. The van der Waals surface area contributed by atoms with Gasteiger partial charge in [0.25, 0.3) is 0 Å². The number of carboxylic acid groups (broad SMARTS) is 1. The van der Waals surface area contributed by atoms with Crippen molar-refractivity contribution in [2.45, 2.75) is 51.7 Å². The molecule has 0 saturated heterocycles. The summed E-state index contributed by atoms with van der Waals surface area (Å²) in [5, 5.41) is 12.2. The van der Waals surface area contributed by atoms with Gasteiger partial charge in [-0.15, -0.1) is 0 Å². The van der Waals surface area contributed by atoms with E-state index in [1.54, 1.807) is 7.11 Å². The smallest absolute Gasteiger partial charge is 0.310 e. The van der Waals surface area contributed by atoms with E-state index in [1.807, 2.05) is 38.1 Å². The predicted molar refractivity (Wildman–Crippen MR) is 93.5 cm³/mol. The van der Waals surface area contributed by atoms with Crippen LogP contribution < -0.4 is 10.1 Å². The largest absolute Gasteiger partial charge is 0.496 e. The van der Waals surface area contributed by atoms with Crippen molar-refractivity contribution in [3.8, 4) is 5.75 Å². The number of para-hydroxylation sites is 1. The molecule has 1 fully saturated rings. The van der Waals surface area contributed by atoms with Crippen LogP contribution in [0.25, 0.3) is 0 Å². The fraction of sp³-hybridized carbons (Fsp3) is 0.579. The van der Waals surface area contributed by atoms with Gasteiger partial charge >= 0.3 is 5.97 Å². The highest BCUT2D eigenvalue weighted by Crippen LogP contribution is 2.44. The van der Waals surface area contributed by atoms with E-state index >= 15 is 0 Å². The van der Waals surface area contributed by atoms with E-state index in [-0.39, 0.29) is 31.1 Å².